The molecule has 0 aliphatic rings. The maximum atomic E-state index is 12.1. The second-order valence-electron chi connectivity index (χ2n) is 6.59. The maximum Gasteiger partial charge on any atom is 0.407 e. The van der Waals surface area contributed by atoms with Crippen molar-refractivity contribution in [2.24, 2.45) is 0 Å². The van der Waals surface area contributed by atoms with Crippen molar-refractivity contribution in [1.29, 1.82) is 0 Å². The Morgan fingerprint density at radius 2 is 1.88 bits per heavy atom. The largest absolute Gasteiger partial charge is 0.444 e. The summed E-state index contributed by atoms with van der Waals surface area (Å²) >= 11 is 0. The van der Waals surface area contributed by atoms with Gasteiger partial charge in [-0.1, -0.05) is 30.3 Å². The summed E-state index contributed by atoms with van der Waals surface area (Å²) in [6.07, 6.45) is 2.14. The molecular formula is C17H24N4O3. The topological polar surface area (TPSA) is 89.3 Å². The van der Waals surface area contributed by atoms with Gasteiger partial charge >= 0.3 is 6.09 Å². The van der Waals surface area contributed by atoms with Gasteiger partial charge < -0.3 is 15.2 Å². The third-order valence-electron chi connectivity index (χ3n) is 3.28. The zero-order valence-corrected chi connectivity index (χ0v) is 14.2. The number of aliphatic hydroxyl groups is 1. The molecule has 130 valence electrons. The number of nitrogens with zero attached hydrogens (tertiary/aromatic N) is 3. The molecule has 0 spiro atoms. The highest BCUT2D eigenvalue weighted by atomic mass is 16.6. The molecule has 0 radical (unpaired) electrons. The third kappa shape index (κ3) is 6.00. The van der Waals surface area contributed by atoms with Gasteiger partial charge in [0.05, 0.1) is 31.1 Å². The van der Waals surface area contributed by atoms with E-state index in [9.17, 15) is 9.90 Å². The number of carbonyl (C=O) groups excluding carboxylic acids is 1. The molecular weight excluding hydrogens is 308 g/mol. The lowest BCUT2D eigenvalue weighted by molar-refractivity contribution is 0.0392. The lowest BCUT2D eigenvalue weighted by Crippen LogP contribution is -2.48. The second kappa shape index (κ2) is 7.92. The average molecular weight is 332 g/mol. The van der Waals surface area contributed by atoms with Gasteiger partial charge in [-0.25, -0.2) is 4.79 Å². The Kier molecular flexibility index (Phi) is 5.92. The van der Waals surface area contributed by atoms with E-state index < -0.39 is 23.8 Å². The van der Waals surface area contributed by atoms with E-state index in [1.54, 1.807) is 33.2 Å². The lowest BCUT2D eigenvalue weighted by atomic mass is 10.0. The first-order chi connectivity index (χ1) is 11.3. The SMILES string of the molecule is CC(C)(C)OC(=O)N[C@H](Cc1ccccc1)[C@@H](O)Cn1nccn1. The third-order valence-corrected chi connectivity index (χ3v) is 3.28. The first kappa shape index (κ1) is 17.9. The minimum absolute atomic E-state index is 0.181. The van der Waals surface area contributed by atoms with E-state index in [1.165, 1.54) is 4.80 Å². The molecule has 1 heterocycles. The van der Waals surface area contributed by atoms with Crippen molar-refractivity contribution >= 4 is 6.09 Å². The molecule has 1 aromatic heterocycles. The van der Waals surface area contributed by atoms with Gasteiger partial charge in [0.2, 0.25) is 0 Å². The predicted molar refractivity (Wildman–Crippen MR) is 89.3 cm³/mol. The molecule has 0 aliphatic heterocycles. The Bertz CT molecular complexity index is 623. The van der Waals surface area contributed by atoms with E-state index >= 15 is 0 Å². The molecule has 1 aromatic carbocycles. The number of aliphatic hydroxyl groups excluding tert-OH is 1. The van der Waals surface area contributed by atoms with Gasteiger partial charge in [0.1, 0.15) is 5.60 Å². The van der Waals surface area contributed by atoms with Crippen molar-refractivity contribution in [2.45, 2.75) is 51.5 Å². The normalized spacial score (nSPS) is 14.0. The first-order valence-electron chi connectivity index (χ1n) is 7.89. The fourth-order valence-electron chi connectivity index (χ4n) is 2.24. The number of nitrogens with one attached hydrogen (secondary N) is 1. The number of hydrogen-bond donors (Lipinski definition) is 2. The summed E-state index contributed by atoms with van der Waals surface area (Å²) in [7, 11) is 0. The monoisotopic (exact) mass is 332 g/mol. The minimum atomic E-state index is -0.856. The molecule has 0 saturated carbocycles. The van der Waals surface area contributed by atoms with Gasteiger partial charge in [-0.3, -0.25) is 0 Å². The number of carbonyl (C=O) groups is 1. The van der Waals surface area contributed by atoms with Crippen molar-refractivity contribution in [3.05, 3.63) is 48.3 Å². The average Bonchev–Trinajstić information content (AvgIpc) is 2.98. The van der Waals surface area contributed by atoms with Crippen molar-refractivity contribution < 1.29 is 14.6 Å². The van der Waals surface area contributed by atoms with E-state index in [-0.39, 0.29) is 6.54 Å². The van der Waals surface area contributed by atoms with Gasteiger partial charge in [-0.05, 0) is 32.8 Å². The molecule has 0 saturated heterocycles. The van der Waals surface area contributed by atoms with E-state index in [0.717, 1.165) is 5.56 Å². The zero-order valence-electron chi connectivity index (χ0n) is 14.2. The van der Waals surface area contributed by atoms with Crippen LogP contribution in [0.5, 0.6) is 0 Å². The molecule has 0 fully saturated rings. The van der Waals surface area contributed by atoms with Gasteiger partial charge in [0.25, 0.3) is 0 Å². The van der Waals surface area contributed by atoms with Gasteiger partial charge in [-0.15, -0.1) is 0 Å². The smallest absolute Gasteiger partial charge is 0.407 e. The van der Waals surface area contributed by atoms with Crippen molar-refractivity contribution in [1.82, 2.24) is 20.3 Å². The molecule has 1 amide bonds. The molecule has 24 heavy (non-hydrogen) atoms. The lowest BCUT2D eigenvalue weighted by Gasteiger charge is -2.26. The van der Waals surface area contributed by atoms with Crippen LogP contribution >= 0.6 is 0 Å². The summed E-state index contributed by atoms with van der Waals surface area (Å²) < 4.78 is 5.29. The number of benzene rings is 1. The van der Waals surface area contributed by atoms with E-state index in [0.29, 0.717) is 6.42 Å². The van der Waals surface area contributed by atoms with E-state index in [4.69, 9.17) is 4.74 Å². The van der Waals surface area contributed by atoms with E-state index in [1.807, 2.05) is 30.3 Å². The van der Waals surface area contributed by atoms with Crippen LogP contribution in [-0.2, 0) is 17.7 Å². The molecule has 7 nitrogen and oxygen atoms in total. The molecule has 2 aromatic rings. The molecule has 7 heteroatoms. The Balaban J connectivity index is 2.06. The van der Waals surface area contributed by atoms with Crippen LogP contribution in [0.3, 0.4) is 0 Å². The summed E-state index contributed by atoms with van der Waals surface area (Å²) in [5.74, 6) is 0. The van der Waals surface area contributed by atoms with Crippen LogP contribution in [-0.4, -0.2) is 43.9 Å². The number of rotatable bonds is 6. The van der Waals surface area contributed by atoms with Crippen LogP contribution in [0.1, 0.15) is 26.3 Å². The Labute approximate surface area is 141 Å². The fraction of sp³-hybridized carbons (Fsp3) is 0.471. The van der Waals surface area contributed by atoms with Crippen LogP contribution in [0.2, 0.25) is 0 Å². The molecule has 0 unspecified atom stereocenters. The van der Waals surface area contributed by atoms with Crippen LogP contribution < -0.4 is 5.32 Å². The Morgan fingerprint density at radius 1 is 1.25 bits per heavy atom. The van der Waals surface area contributed by atoms with Crippen LogP contribution in [0.25, 0.3) is 0 Å². The predicted octanol–water partition coefficient (Wildman–Crippen LogP) is 1.77. The highest BCUT2D eigenvalue weighted by Gasteiger charge is 2.25. The minimum Gasteiger partial charge on any atom is -0.444 e. The fourth-order valence-corrected chi connectivity index (χ4v) is 2.24. The standard InChI is InChI=1S/C17H24N4O3/c1-17(2,3)24-16(23)20-14(11-13-7-5-4-6-8-13)15(22)12-21-18-9-10-19-21/h4-10,14-15,22H,11-12H2,1-3H3,(H,20,23)/t14-,15+/m1/s1. The molecule has 2 atom stereocenters. The molecule has 0 aliphatic carbocycles. The second-order valence-corrected chi connectivity index (χ2v) is 6.59. The van der Waals surface area contributed by atoms with Crippen LogP contribution in [0.4, 0.5) is 4.79 Å². The molecule has 0 bridgehead atoms. The van der Waals surface area contributed by atoms with Gasteiger partial charge in [0, 0.05) is 0 Å². The summed E-state index contributed by atoms with van der Waals surface area (Å²) in [5.41, 5.74) is 0.404. The highest BCUT2D eigenvalue weighted by molar-refractivity contribution is 5.68. The van der Waals surface area contributed by atoms with Crippen molar-refractivity contribution in [3.8, 4) is 0 Å². The van der Waals surface area contributed by atoms with Crippen molar-refractivity contribution in [3.63, 3.8) is 0 Å². The molecule has 2 rings (SSSR count). The number of amides is 1. The zero-order chi connectivity index (χ0) is 17.6. The Morgan fingerprint density at radius 3 is 2.46 bits per heavy atom. The summed E-state index contributed by atoms with van der Waals surface area (Å²) in [4.78, 5) is 13.5. The quantitative estimate of drug-likeness (QED) is 0.841. The number of aromatic nitrogens is 3. The van der Waals surface area contributed by atoms with Crippen LogP contribution in [0.15, 0.2) is 42.7 Å². The highest BCUT2D eigenvalue weighted by Crippen LogP contribution is 2.11. The molecule has 2 N–H and O–H groups in total. The number of hydrogen-bond acceptors (Lipinski definition) is 5. The first-order valence-corrected chi connectivity index (χ1v) is 7.89. The van der Waals surface area contributed by atoms with Gasteiger partial charge in [-0.2, -0.15) is 15.0 Å². The number of ether oxygens (including phenoxy) is 1. The van der Waals surface area contributed by atoms with E-state index in [2.05, 4.69) is 15.5 Å². The number of alkyl carbamates (subject to hydrolysis) is 1. The summed E-state index contributed by atoms with van der Waals surface area (Å²) in [5, 5.41) is 21.2. The summed E-state index contributed by atoms with van der Waals surface area (Å²) in [6.45, 7) is 5.56. The van der Waals surface area contributed by atoms with Crippen LogP contribution in [0, 0.1) is 0 Å². The maximum absolute atomic E-state index is 12.1. The van der Waals surface area contributed by atoms with Gasteiger partial charge in [0.15, 0.2) is 0 Å². The Hall–Kier alpha value is -2.41. The van der Waals surface area contributed by atoms with Crippen molar-refractivity contribution in [2.75, 3.05) is 0 Å². The summed E-state index contributed by atoms with van der Waals surface area (Å²) in [6, 6.07) is 9.13.